The highest BCUT2D eigenvalue weighted by Gasteiger charge is 2.23. The van der Waals surface area contributed by atoms with Gasteiger partial charge in [0.05, 0.1) is 25.6 Å². The van der Waals surface area contributed by atoms with Crippen LogP contribution in [0.3, 0.4) is 0 Å². The Balaban J connectivity index is 0.643. The molecule has 1 heterocycles. The maximum atomic E-state index is 13.0. The number of hydrogen-bond acceptors (Lipinski definition) is 10. The second kappa shape index (κ2) is 27.0. The van der Waals surface area contributed by atoms with E-state index in [1.54, 1.807) is 14.2 Å². The lowest BCUT2D eigenvalue weighted by Gasteiger charge is -2.17. The van der Waals surface area contributed by atoms with Crippen molar-refractivity contribution in [1.82, 2.24) is 20.9 Å². The zero-order chi connectivity index (χ0) is 55.8. The van der Waals surface area contributed by atoms with E-state index in [0.29, 0.717) is 53.5 Å². The molecule has 1 aliphatic carbocycles. The molecular formula is C66H74N10O4+2. The topological polar surface area (TPSA) is 199 Å². The third-order valence-corrected chi connectivity index (χ3v) is 14.5. The number of unbranched alkanes of at least 4 members (excludes halogenated alkanes) is 6. The largest absolute Gasteiger partial charge is 0.495 e. The first-order chi connectivity index (χ1) is 39.0. The smallest absolute Gasteiger partial charge is 0.251 e. The van der Waals surface area contributed by atoms with Crippen molar-refractivity contribution in [2.75, 3.05) is 57.2 Å². The maximum absolute atomic E-state index is 13.0. The Hall–Kier alpha value is -9.01. The van der Waals surface area contributed by atoms with Gasteiger partial charge in [-0.15, -0.1) is 4.57 Å². The zero-order valence-corrected chi connectivity index (χ0v) is 46.4. The second-order valence-electron chi connectivity index (χ2n) is 20.3. The molecule has 80 heavy (non-hydrogen) atoms. The van der Waals surface area contributed by atoms with Crippen molar-refractivity contribution in [3.05, 3.63) is 186 Å². The average Bonchev–Trinajstić information content (AvgIpc) is 3.48. The van der Waals surface area contributed by atoms with Crippen LogP contribution < -0.4 is 52.1 Å². The number of nitrogens with two attached hydrogens (primary N) is 3. The Morgan fingerprint density at radius 3 is 1.75 bits per heavy atom. The molecule has 0 unspecified atom stereocenters. The number of allylic oxidation sites excluding steroid dienone is 3. The number of benzene rings is 7. The number of ether oxygens (including phenoxy) is 2. The van der Waals surface area contributed by atoms with Gasteiger partial charge in [-0.2, -0.15) is 0 Å². The lowest BCUT2D eigenvalue weighted by molar-refractivity contribution is -0.538. The number of carbonyl (C=O) groups is 2. The van der Waals surface area contributed by atoms with Gasteiger partial charge in [0.15, 0.2) is 5.69 Å². The number of anilines is 3. The van der Waals surface area contributed by atoms with E-state index in [1.165, 1.54) is 0 Å². The zero-order valence-electron chi connectivity index (χ0n) is 46.4. The number of fused-ring (bicyclic) bond motifs is 2. The van der Waals surface area contributed by atoms with Crippen molar-refractivity contribution in [1.29, 1.82) is 0 Å². The number of nitrogens with zero attached hydrogens (tertiary/aromatic N) is 3. The van der Waals surface area contributed by atoms with Gasteiger partial charge in [0.1, 0.15) is 33.9 Å². The molecule has 2 amide bonds. The number of aliphatic imine (C=N–C) groups is 1. The van der Waals surface area contributed by atoms with Crippen molar-refractivity contribution in [3.63, 3.8) is 0 Å². The molecule has 1 aromatic heterocycles. The lowest BCUT2D eigenvalue weighted by Crippen LogP contribution is -2.71. The maximum Gasteiger partial charge on any atom is 0.251 e. The van der Waals surface area contributed by atoms with Crippen LogP contribution in [0.1, 0.15) is 91.0 Å². The number of quaternary nitrogens is 1. The summed E-state index contributed by atoms with van der Waals surface area (Å²) in [5.41, 5.74) is 29.9. The summed E-state index contributed by atoms with van der Waals surface area (Å²) >= 11 is 0. The van der Waals surface area contributed by atoms with Crippen LogP contribution in [0, 0.1) is 6.92 Å². The number of nitrogen functional groups attached to an aromatic ring is 2. The van der Waals surface area contributed by atoms with Crippen LogP contribution in [-0.2, 0) is 0 Å². The van der Waals surface area contributed by atoms with E-state index in [9.17, 15) is 9.59 Å². The van der Waals surface area contributed by atoms with Crippen molar-refractivity contribution in [3.8, 4) is 28.3 Å². The minimum absolute atomic E-state index is 0.0771. The molecule has 14 nitrogen and oxygen atoms in total. The van der Waals surface area contributed by atoms with Crippen LogP contribution in [0.2, 0.25) is 0 Å². The molecule has 8 aromatic rings. The fraction of sp³-hybridized carbons (Fsp3) is 0.258. The third-order valence-electron chi connectivity index (χ3n) is 14.5. The van der Waals surface area contributed by atoms with Crippen molar-refractivity contribution >= 4 is 73.7 Å². The molecular weight excluding hydrogens is 997 g/mol. The monoisotopic (exact) mass is 1070 g/mol. The molecule has 10 N–H and O–H groups in total. The van der Waals surface area contributed by atoms with Gasteiger partial charge in [-0.1, -0.05) is 92.4 Å². The normalized spacial score (nSPS) is 12.7. The minimum Gasteiger partial charge on any atom is -0.495 e. The van der Waals surface area contributed by atoms with Crippen LogP contribution in [-0.4, -0.2) is 62.9 Å². The molecule has 7 aromatic carbocycles. The number of aryl methyl sites for hydroxylation is 1. The quantitative estimate of drug-likeness (QED) is 0.0126. The number of para-hydroxylation sites is 2. The number of rotatable bonds is 25. The van der Waals surface area contributed by atoms with Gasteiger partial charge in [0, 0.05) is 103 Å². The number of amides is 2. The Morgan fingerprint density at radius 2 is 1.15 bits per heavy atom. The molecule has 410 valence electrons. The summed E-state index contributed by atoms with van der Waals surface area (Å²) in [4.78, 5) is 36.0. The molecule has 9 rings (SSSR count). The molecule has 14 heteroatoms. The first kappa shape index (κ1) is 55.7. The standard InChI is InChI=1S/C66H72N10O4/c1-44-37-51(74-58-42-63(79-3)53(67)39-57(58)73-50-19-11-9-12-20-50)31-32-55(44)69-33-15-5-7-17-35-71-65(77)48-27-23-46(24-28-48)47-25-29-49(30-26-47)66(78)72-36-18-8-6-16-34-70-56-41-62-59(38-45(56)2)75-60-43-64(80-4)54(68)40-61(60)76(62)52-21-13-10-14-22-52/h9-14,19-30,32,37-43,69,73H,5-8,15-18,31,33-36,67H2,1-4H3,(H4,68,70,71,72,77,78)/p+2. The molecule has 0 atom stereocenters. The van der Waals surface area contributed by atoms with E-state index in [1.807, 2.05) is 109 Å². The fourth-order valence-corrected chi connectivity index (χ4v) is 10.1. The van der Waals surface area contributed by atoms with Gasteiger partial charge >= 0.3 is 0 Å². The Labute approximate surface area is 469 Å². The van der Waals surface area contributed by atoms with Gasteiger partial charge in [0.25, 0.3) is 11.8 Å². The Kier molecular flexibility index (Phi) is 18.8. The van der Waals surface area contributed by atoms with E-state index in [2.05, 4.69) is 93.5 Å². The highest BCUT2D eigenvalue weighted by atomic mass is 16.5. The molecule has 0 radical (unpaired) electrons. The summed E-state index contributed by atoms with van der Waals surface area (Å²) in [6.07, 6.45) is 13.1. The summed E-state index contributed by atoms with van der Waals surface area (Å²) in [5.74, 6) is 1.05. The van der Waals surface area contributed by atoms with Crippen LogP contribution >= 0.6 is 0 Å². The SMILES string of the molecule is COc1cc(N=C2C=C(C)C(NCCCCCCNC(=O)c3ccc(-c4ccc(C(=O)NCCCCCCNc5cc6c(cc5C)nc5cc(OC)c(N)cc5[n+]6-c5ccccc5)cc4)cc3)=CC2)c([NH2+]c2ccccc2)cc1N. The predicted molar refractivity (Wildman–Crippen MR) is 325 cm³/mol. The van der Waals surface area contributed by atoms with E-state index >= 15 is 0 Å². The average molecular weight is 1070 g/mol. The molecule has 1 aliphatic rings. The molecule has 0 aliphatic heterocycles. The van der Waals surface area contributed by atoms with Gasteiger partial charge in [-0.3, -0.25) is 14.9 Å². The molecule has 0 fully saturated rings. The first-order valence-corrected chi connectivity index (χ1v) is 27.8. The van der Waals surface area contributed by atoms with Crippen LogP contribution in [0.25, 0.3) is 38.9 Å². The number of carbonyl (C=O) groups excluding carboxylic acids is 2. The molecule has 0 spiro atoms. The predicted octanol–water partition coefficient (Wildman–Crippen LogP) is 11.6. The van der Waals surface area contributed by atoms with E-state index in [-0.39, 0.29) is 11.8 Å². The summed E-state index contributed by atoms with van der Waals surface area (Å²) in [6.45, 7) is 7.17. The second-order valence-corrected chi connectivity index (χ2v) is 20.3. The van der Waals surface area contributed by atoms with Gasteiger partial charge < -0.3 is 42.2 Å². The fourth-order valence-electron chi connectivity index (χ4n) is 10.1. The van der Waals surface area contributed by atoms with Crippen LogP contribution in [0.15, 0.2) is 174 Å². The highest BCUT2D eigenvalue weighted by Crippen LogP contribution is 2.35. The number of methoxy groups -OCH3 is 2. The summed E-state index contributed by atoms with van der Waals surface area (Å²) in [6, 6.07) is 47.6. The van der Waals surface area contributed by atoms with E-state index in [4.69, 9.17) is 30.9 Å². The summed E-state index contributed by atoms with van der Waals surface area (Å²) < 4.78 is 13.2. The lowest BCUT2D eigenvalue weighted by atomic mass is 10.0. The van der Waals surface area contributed by atoms with E-state index < -0.39 is 0 Å². The highest BCUT2D eigenvalue weighted by molar-refractivity contribution is 6.01. The summed E-state index contributed by atoms with van der Waals surface area (Å²) in [7, 11) is 3.24. The van der Waals surface area contributed by atoms with Crippen molar-refractivity contribution < 1.29 is 28.9 Å². The first-order valence-electron chi connectivity index (χ1n) is 27.8. The molecule has 0 saturated carbocycles. The molecule has 0 saturated heterocycles. The van der Waals surface area contributed by atoms with Gasteiger partial charge in [-0.05, 0) is 110 Å². The molecule has 0 bridgehead atoms. The number of hydrogen-bond donors (Lipinski definition) is 7. The Morgan fingerprint density at radius 1 is 0.613 bits per heavy atom. The number of aromatic nitrogens is 2. The third kappa shape index (κ3) is 14.2. The van der Waals surface area contributed by atoms with Crippen LogP contribution in [0.4, 0.5) is 34.1 Å². The minimum atomic E-state index is -0.0816. The van der Waals surface area contributed by atoms with Crippen molar-refractivity contribution in [2.24, 2.45) is 4.99 Å². The van der Waals surface area contributed by atoms with Gasteiger partial charge in [0.2, 0.25) is 16.7 Å². The van der Waals surface area contributed by atoms with Crippen LogP contribution in [0.5, 0.6) is 11.5 Å². The number of nitrogens with one attached hydrogen (secondary N) is 4. The Bertz CT molecular complexity index is 3540. The van der Waals surface area contributed by atoms with Crippen molar-refractivity contribution in [2.45, 2.75) is 71.6 Å². The van der Waals surface area contributed by atoms with Gasteiger partial charge in [-0.25, -0.2) is 9.98 Å². The van der Waals surface area contributed by atoms with E-state index in [0.717, 1.165) is 149 Å². The summed E-state index contributed by atoms with van der Waals surface area (Å²) in [5, 5.41) is 15.5.